The highest BCUT2D eigenvalue weighted by Gasteiger charge is 2.42. The number of nitrogens with two attached hydrogens (primary N) is 1. The zero-order valence-electron chi connectivity index (χ0n) is 21.4. The van der Waals surface area contributed by atoms with Gasteiger partial charge in [-0.15, -0.1) is 0 Å². The predicted octanol–water partition coefficient (Wildman–Crippen LogP) is 4.07. The number of benzene rings is 3. The van der Waals surface area contributed by atoms with Gasteiger partial charge in [0.05, 0.1) is 24.1 Å². The second-order valence-electron chi connectivity index (χ2n) is 9.43. The van der Waals surface area contributed by atoms with Crippen LogP contribution in [0.1, 0.15) is 44.4 Å². The van der Waals surface area contributed by atoms with Crippen molar-refractivity contribution in [2.24, 2.45) is 5.73 Å². The highest BCUT2D eigenvalue weighted by Crippen LogP contribution is 2.39. The van der Waals surface area contributed by atoms with Crippen LogP contribution in [0.4, 0.5) is 0 Å². The van der Waals surface area contributed by atoms with Crippen molar-refractivity contribution in [2.45, 2.75) is 26.3 Å². The first-order valence-corrected chi connectivity index (χ1v) is 12.3. The van der Waals surface area contributed by atoms with E-state index >= 15 is 0 Å². The number of ether oxygens (including phenoxy) is 2. The molecular weight excluding hydrogens is 484 g/mol. The fourth-order valence-corrected chi connectivity index (χ4v) is 4.80. The van der Waals surface area contributed by atoms with Gasteiger partial charge in [-0.1, -0.05) is 24.3 Å². The number of hydrogen-bond donors (Lipinski definition) is 1. The number of carbonyl (C=O) groups excluding carboxylic acids is 2. The van der Waals surface area contributed by atoms with Crippen molar-refractivity contribution in [1.29, 1.82) is 0 Å². The van der Waals surface area contributed by atoms with Crippen LogP contribution in [-0.2, 0) is 11.2 Å². The lowest BCUT2D eigenvalue weighted by Gasteiger charge is -2.25. The van der Waals surface area contributed by atoms with Crippen LogP contribution in [0.5, 0.6) is 11.5 Å². The summed E-state index contributed by atoms with van der Waals surface area (Å²) in [6, 6.07) is 17.6. The molecule has 0 saturated heterocycles. The molecule has 0 spiro atoms. The number of amides is 2. The molecule has 0 saturated carbocycles. The molecule has 4 aromatic rings. The minimum absolute atomic E-state index is 0.0690. The van der Waals surface area contributed by atoms with Crippen LogP contribution in [0.15, 0.2) is 69.9 Å². The zero-order chi connectivity index (χ0) is 27.0. The maximum atomic E-state index is 13.8. The summed E-state index contributed by atoms with van der Waals surface area (Å²) in [7, 11) is 1.61. The Morgan fingerprint density at radius 2 is 1.63 bits per heavy atom. The van der Waals surface area contributed by atoms with Crippen LogP contribution < -0.4 is 20.6 Å². The molecule has 8 nitrogen and oxygen atoms in total. The fraction of sp³-hybridized carbons (Fsp3) is 0.233. The average Bonchev–Trinajstić information content (AvgIpc) is 3.19. The largest absolute Gasteiger partial charge is 0.497 e. The number of primary amides is 1. The molecule has 0 fully saturated rings. The second-order valence-corrected chi connectivity index (χ2v) is 9.43. The Labute approximate surface area is 219 Å². The third-order valence-electron chi connectivity index (χ3n) is 6.96. The maximum absolute atomic E-state index is 13.8. The molecule has 2 amide bonds. The first-order valence-electron chi connectivity index (χ1n) is 12.3. The van der Waals surface area contributed by atoms with Gasteiger partial charge in [-0.05, 0) is 78.9 Å². The minimum atomic E-state index is -0.636. The summed E-state index contributed by atoms with van der Waals surface area (Å²) >= 11 is 0. The highest BCUT2D eigenvalue weighted by molar-refractivity contribution is 5.99. The van der Waals surface area contributed by atoms with E-state index < -0.39 is 11.9 Å². The van der Waals surface area contributed by atoms with Crippen molar-refractivity contribution in [3.63, 3.8) is 0 Å². The zero-order valence-corrected chi connectivity index (χ0v) is 21.4. The Morgan fingerprint density at radius 3 is 2.29 bits per heavy atom. The maximum Gasteiger partial charge on any atom is 0.290 e. The van der Waals surface area contributed by atoms with E-state index in [4.69, 9.17) is 19.6 Å². The molecule has 1 unspecified atom stereocenters. The summed E-state index contributed by atoms with van der Waals surface area (Å²) in [4.78, 5) is 40.3. The molecule has 0 bridgehead atoms. The lowest BCUT2D eigenvalue weighted by atomic mass is 9.97. The van der Waals surface area contributed by atoms with Gasteiger partial charge in [0, 0.05) is 6.54 Å². The standard InChI is InChI=1S/C30H28N2O6/c1-17-14-23-24(15-18(17)2)38-29-26(28(23)34)27(20-6-10-22(11-7-20)37-16-25(31)33)32(30(29)35)13-12-19-4-8-21(36-3)9-5-19/h4-11,14-15,27H,12-13,16H2,1-3H3,(H2,31,33). The van der Waals surface area contributed by atoms with E-state index in [-0.39, 0.29) is 23.7 Å². The molecule has 3 aromatic carbocycles. The van der Waals surface area contributed by atoms with Crippen LogP contribution in [0.3, 0.4) is 0 Å². The quantitative estimate of drug-likeness (QED) is 0.381. The third kappa shape index (κ3) is 4.61. The first kappa shape index (κ1) is 25.1. The molecular formula is C30H28N2O6. The Balaban J connectivity index is 1.57. The first-order chi connectivity index (χ1) is 18.3. The van der Waals surface area contributed by atoms with Gasteiger partial charge in [-0.2, -0.15) is 0 Å². The number of nitrogens with zero attached hydrogens (tertiary/aromatic N) is 1. The van der Waals surface area contributed by atoms with Crippen molar-refractivity contribution in [1.82, 2.24) is 4.90 Å². The van der Waals surface area contributed by atoms with Crippen molar-refractivity contribution >= 4 is 22.8 Å². The smallest absolute Gasteiger partial charge is 0.290 e. The highest BCUT2D eigenvalue weighted by atomic mass is 16.5. The van der Waals surface area contributed by atoms with Crippen molar-refractivity contribution in [2.75, 3.05) is 20.3 Å². The number of fused-ring (bicyclic) bond motifs is 2. The number of carbonyl (C=O) groups is 2. The number of aryl methyl sites for hydroxylation is 2. The Morgan fingerprint density at radius 1 is 0.974 bits per heavy atom. The topological polar surface area (TPSA) is 112 Å². The van der Waals surface area contributed by atoms with Gasteiger partial charge < -0.3 is 24.5 Å². The van der Waals surface area contributed by atoms with E-state index in [1.807, 2.05) is 44.2 Å². The van der Waals surface area contributed by atoms with Crippen molar-refractivity contribution in [3.05, 3.63) is 104 Å². The predicted molar refractivity (Wildman–Crippen MR) is 143 cm³/mol. The molecule has 8 heteroatoms. The molecule has 5 rings (SSSR count). The van der Waals surface area contributed by atoms with E-state index in [1.54, 1.807) is 42.3 Å². The van der Waals surface area contributed by atoms with Crippen molar-refractivity contribution < 1.29 is 23.5 Å². The van der Waals surface area contributed by atoms with Gasteiger partial charge in [-0.3, -0.25) is 14.4 Å². The molecule has 194 valence electrons. The van der Waals surface area contributed by atoms with Crippen LogP contribution >= 0.6 is 0 Å². The van der Waals surface area contributed by atoms with Crippen LogP contribution in [0.2, 0.25) is 0 Å². The summed E-state index contributed by atoms with van der Waals surface area (Å²) in [6.45, 7) is 4.01. The number of rotatable bonds is 8. The Bertz CT molecular complexity index is 1590. The summed E-state index contributed by atoms with van der Waals surface area (Å²) in [5, 5.41) is 0.447. The van der Waals surface area contributed by atoms with Gasteiger partial charge in [0.2, 0.25) is 5.76 Å². The average molecular weight is 513 g/mol. The van der Waals surface area contributed by atoms with Crippen molar-refractivity contribution in [3.8, 4) is 11.5 Å². The molecule has 0 aliphatic carbocycles. The molecule has 1 aromatic heterocycles. The molecule has 1 atom stereocenters. The Kier molecular flexibility index (Phi) is 6.63. The minimum Gasteiger partial charge on any atom is -0.497 e. The van der Waals surface area contributed by atoms with E-state index in [2.05, 4.69) is 0 Å². The van der Waals surface area contributed by atoms with E-state index in [1.165, 1.54) is 0 Å². The molecule has 0 radical (unpaired) electrons. The van der Waals surface area contributed by atoms with E-state index in [0.29, 0.717) is 35.2 Å². The van der Waals surface area contributed by atoms with Gasteiger partial charge in [0.15, 0.2) is 12.0 Å². The number of hydrogen-bond acceptors (Lipinski definition) is 6. The van der Waals surface area contributed by atoms with E-state index in [9.17, 15) is 14.4 Å². The van der Waals surface area contributed by atoms with E-state index in [0.717, 1.165) is 28.0 Å². The summed E-state index contributed by atoms with van der Waals surface area (Å²) in [5.74, 6) is 0.369. The van der Waals surface area contributed by atoms with Gasteiger partial charge in [0.25, 0.3) is 11.8 Å². The van der Waals surface area contributed by atoms with Gasteiger partial charge >= 0.3 is 0 Å². The molecule has 1 aliphatic heterocycles. The second kappa shape index (κ2) is 10.0. The fourth-order valence-electron chi connectivity index (χ4n) is 4.80. The molecule has 2 N–H and O–H groups in total. The summed E-state index contributed by atoms with van der Waals surface area (Å²) in [6.07, 6.45) is 0.575. The lowest BCUT2D eigenvalue weighted by Crippen LogP contribution is -2.31. The lowest BCUT2D eigenvalue weighted by molar-refractivity contribution is -0.119. The molecule has 2 heterocycles. The van der Waals surface area contributed by atoms with Gasteiger partial charge in [0.1, 0.15) is 17.1 Å². The van der Waals surface area contributed by atoms with Crippen LogP contribution in [-0.4, -0.2) is 37.0 Å². The molecule has 38 heavy (non-hydrogen) atoms. The van der Waals surface area contributed by atoms with Crippen LogP contribution in [0.25, 0.3) is 11.0 Å². The molecule has 1 aliphatic rings. The van der Waals surface area contributed by atoms with Gasteiger partial charge in [-0.25, -0.2) is 0 Å². The monoisotopic (exact) mass is 512 g/mol. The Hall–Kier alpha value is -4.59. The summed E-state index contributed by atoms with van der Waals surface area (Å²) in [5.41, 5.74) is 9.39. The van der Waals surface area contributed by atoms with Crippen LogP contribution in [0, 0.1) is 13.8 Å². The SMILES string of the molecule is COc1ccc(CCN2C(=O)c3oc4cc(C)c(C)cc4c(=O)c3C2c2ccc(OCC(N)=O)cc2)cc1. The normalized spacial score (nSPS) is 14.6. The number of methoxy groups -OCH3 is 1. The summed E-state index contributed by atoms with van der Waals surface area (Å²) < 4.78 is 16.7. The third-order valence-corrected chi connectivity index (χ3v) is 6.96.